The number of aliphatic hydroxyl groups is 1. The predicted molar refractivity (Wildman–Crippen MR) is 61.3 cm³/mol. The quantitative estimate of drug-likeness (QED) is 0.853. The predicted octanol–water partition coefficient (Wildman–Crippen LogP) is 1.78. The molecule has 0 spiro atoms. The SMILES string of the molecule is CC(C)(O)COc1ccc2nccnc2c1. The minimum Gasteiger partial charge on any atom is -0.491 e. The second kappa shape index (κ2) is 4.06. The van der Waals surface area contributed by atoms with Crippen LogP contribution in [0.4, 0.5) is 0 Å². The molecule has 0 aliphatic carbocycles. The highest BCUT2D eigenvalue weighted by molar-refractivity contribution is 5.75. The van der Waals surface area contributed by atoms with Gasteiger partial charge in [0, 0.05) is 18.5 Å². The fourth-order valence-corrected chi connectivity index (χ4v) is 1.29. The molecule has 0 saturated heterocycles. The third kappa shape index (κ3) is 2.67. The molecule has 0 bridgehead atoms. The van der Waals surface area contributed by atoms with Crippen molar-refractivity contribution < 1.29 is 9.84 Å². The zero-order valence-electron chi connectivity index (χ0n) is 9.34. The Morgan fingerprint density at radius 2 is 1.88 bits per heavy atom. The molecule has 4 heteroatoms. The van der Waals surface area contributed by atoms with Gasteiger partial charge in [0.2, 0.25) is 0 Å². The van der Waals surface area contributed by atoms with Crippen LogP contribution in [0.1, 0.15) is 13.8 Å². The first-order chi connectivity index (χ1) is 7.54. The van der Waals surface area contributed by atoms with Crippen LogP contribution < -0.4 is 4.74 Å². The second-order valence-corrected chi connectivity index (χ2v) is 4.31. The summed E-state index contributed by atoms with van der Waals surface area (Å²) >= 11 is 0. The molecule has 2 rings (SSSR count). The topological polar surface area (TPSA) is 55.2 Å². The first-order valence-electron chi connectivity index (χ1n) is 5.10. The highest BCUT2D eigenvalue weighted by atomic mass is 16.5. The molecule has 0 saturated carbocycles. The van der Waals surface area contributed by atoms with Crippen molar-refractivity contribution in [3.05, 3.63) is 30.6 Å². The largest absolute Gasteiger partial charge is 0.491 e. The molecular formula is C12H14N2O2. The lowest BCUT2D eigenvalue weighted by Gasteiger charge is -2.17. The number of hydrogen-bond acceptors (Lipinski definition) is 4. The van der Waals surface area contributed by atoms with E-state index in [1.165, 1.54) is 0 Å². The van der Waals surface area contributed by atoms with Crippen LogP contribution in [0.25, 0.3) is 11.0 Å². The minimum absolute atomic E-state index is 0.249. The molecule has 1 N–H and O–H groups in total. The summed E-state index contributed by atoms with van der Waals surface area (Å²) in [5, 5.41) is 9.54. The van der Waals surface area contributed by atoms with Crippen LogP contribution in [0.3, 0.4) is 0 Å². The average Bonchev–Trinajstić information content (AvgIpc) is 2.25. The molecule has 0 atom stereocenters. The van der Waals surface area contributed by atoms with Gasteiger partial charge in [0.05, 0.1) is 16.6 Å². The van der Waals surface area contributed by atoms with E-state index in [2.05, 4.69) is 9.97 Å². The van der Waals surface area contributed by atoms with Crippen molar-refractivity contribution in [2.75, 3.05) is 6.61 Å². The lowest BCUT2D eigenvalue weighted by molar-refractivity contribution is 0.0285. The van der Waals surface area contributed by atoms with Gasteiger partial charge in [-0.2, -0.15) is 0 Å². The summed E-state index contributed by atoms with van der Waals surface area (Å²) in [7, 11) is 0. The Hall–Kier alpha value is -1.68. The Morgan fingerprint density at radius 1 is 1.19 bits per heavy atom. The summed E-state index contributed by atoms with van der Waals surface area (Å²) in [6.45, 7) is 3.65. The van der Waals surface area contributed by atoms with E-state index < -0.39 is 5.60 Å². The second-order valence-electron chi connectivity index (χ2n) is 4.31. The molecule has 0 amide bonds. The van der Waals surface area contributed by atoms with Crippen molar-refractivity contribution >= 4 is 11.0 Å². The Bertz CT molecular complexity index is 492. The van der Waals surface area contributed by atoms with Crippen LogP contribution in [-0.2, 0) is 0 Å². The van der Waals surface area contributed by atoms with E-state index in [1.54, 1.807) is 26.2 Å². The zero-order chi connectivity index (χ0) is 11.6. The summed E-state index contributed by atoms with van der Waals surface area (Å²) in [5.74, 6) is 0.690. The maximum Gasteiger partial charge on any atom is 0.121 e. The van der Waals surface area contributed by atoms with Crippen molar-refractivity contribution in [2.24, 2.45) is 0 Å². The molecule has 0 fully saturated rings. The molecule has 4 nitrogen and oxygen atoms in total. The molecule has 1 heterocycles. The van der Waals surface area contributed by atoms with Crippen molar-refractivity contribution in [1.29, 1.82) is 0 Å². The number of hydrogen-bond donors (Lipinski definition) is 1. The van der Waals surface area contributed by atoms with Crippen LogP contribution in [0.5, 0.6) is 5.75 Å². The van der Waals surface area contributed by atoms with E-state index in [1.807, 2.05) is 18.2 Å². The van der Waals surface area contributed by atoms with Gasteiger partial charge in [-0.05, 0) is 26.0 Å². The van der Waals surface area contributed by atoms with Crippen molar-refractivity contribution in [1.82, 2.24) is 9.97 Å². The van der Waals surface area contributed by atoms with Gasteiger partial charge >= 0.3 is 0 Å². The number of benzene rings is 1. The van der Waals surface area contributed by atoms with Gasteiger partial charge in [0.15, 0.2) is 0 Å². The van der Waals surface area contributed by atoms with Gasteiger partial charge in [-0.3, -0.25) is 9.97 Å². The van der Waals surface area contributed by atoms with Gasteiger partial charge in [0.25, 0.3) is 0 Å². The Balaban J connectivity index is 2.20. The maximum atomic E-state index is 9.54. The summed E-state index contributed by atoms with van der Waals surface area (Å²) in [5.41, 5.74) is 0.783. The van der Waals surface area contributed by atoms with Gasteiger partial charge in [-0.1, -0.05) is 0 Å². The molecule has 1 aromatic heterocycles. The number of rotatable bonds is 3. The molecular weight excluding hydrogens is 204 g/mol. The highest BCUT2D eigenvalue weighted by Crippen LogP contribution is 2.18. The molecule has 0 unspecified atom stereocenters. The van der Waals surface area contributed by atoms with Crippen LogP contribution >= 0.6 is 0 Å². The van der Waals surface area contributed by atoms with Crippen molar-refractivity contribution in [3.63, 3.8) is 0 Å². The lowest BCUT2D eigenvalue weighted by Crippen LogP contribution is -2.27. The lowest BCUT2D eigenvalue weighted by atomic mass is 10.2. The summed E-state index contributed by atoms with van der Waals surface area (Å²) in [6, 6.07) is 5.48. The van der Waals surface area contributed by atoms with Gasteiger partial charge < -0.3 is 9.84 Å². The van der Waals surface area contributed by atoms with E-state index in [4.69, 9.17) is 4.74 Å². The molecule has 0 radical (unpaired) electrons. The average molecular weight is 218 g/mol. The molecule has 84 valence electrons. The first-order valence-corrected chi connectivity index (χ1v) is 5.10. The van der Waals surface area contributed by atoms with Gasteiger partial charge in [-0.25, -0.2) is 0 Å². The smallest absolute Gasteiger partial charge is 0.121 e. The van der Waals surface area contributed by atoms with E-state index in [9.17, 15) is 5.11 Å². The molecule has 0 aliphatic rings. The first kappa shape index (κ1) is 10.8. The van der Waals surface area contributed by atoms with E-state index >= 15 is 0 Å². The monoisotopic (exact) mass is 218 g/mol. The fourth-order valence-electron chi connectivity index (χ4n) is 1.29. The summed E-state index contributed by atoms with van der Waals surface area (Å²) in [6.07, 6.45) is 3.29. The van der Waals surface area contributed by atoms with Crippen molar-refractivity contribution in [3.8, 4) is 5.75 Å². The molecule has 0 aliphatic heterocycles. The summed E-state index contributed by atoms with van der Waals surface area (Å²) in [4.78, 5) is 8.35. The van der Waals surface area contributed by atoms with Crippen LogP contribution in [0.15, 0.2) is 30.6 Å². The molecule has 2 aromatic rings. The maximum absolute atomic E-state index is 9.54. The Labute approximate surface area is 93.9 Å². The van der Waals surface area contributed by atoms with Gasteiger partial charge in [-0.15, -0.1) is 0 Å². The Kier molecular flexibility index (Phi) is 2.75. The Morgan fingerprint density at radius 3 is 2.56 bits per heavy atom. The number of nitrogens with zero attached hydrogens (tertiary/aromatic N) is 2. The van der Waals surface area contributed by atoms with Crippen LogP contribution in [-0.4, -0.2) is 27.3 Å². The van der Waals surface area contributed by atoms with Crippen LogP contribution in [0.2, 0.25) is 0 Å². The van der Waals surface area contributed by atoms with E-state index in [-0.39, 0.29) is 6.61 Å². The van der Waals surface area contributed by atoms with Crippen LogP contribution in [0, 0.1) is 0 Å². The highest BCUT2D eigenvalue weighted by Gasteiger charge is 2.13. The molecule has 16 heavy (non-hydrogen) atoms. The number of aromatic nitrogens is 2. The number of ether oxygens (including phenoxy) is 1. The standard InChI is InChI=1S/C12H14N2O2/c1-12(2,15)8-16-9-3-4-10-11(7-9)14-6-5-13-10/h3-7,15H,8H2,1-2H3. The zero-order valence-corrected chi connectivity index (χ0v) is 9.34. The normalized spacial score (nSPS) is 11.7. The fraction of sp³-hybridized carbons (Fsp3) is 0.333. The van der Waals surface area contributed by atoms with E-state index in [0.717, 1.165) is 11.0 Å². The third-order valence-electron chi connectivity index (χ3n) is 2.03. The van der Waals surface area contributed by atoms with Crippen molar-refractivity contribution in [2.45, 2.75) is 19.4 Å². The third-order valence-corrected chi connectivity index (χ3v) is 2.03. The van der Waals surface area contributed by atoms with Gasteiger partial charge in [0.1, 0.15) is 12.4 Å². The molecule has 1 aromatic carbocycles. The number of fused-ring (bicyclic) bond motifs is 1. The summed E-state index contributed by atoms with van der Waals surface area (Å²) < 4.78 is 5.46. The van der Waals surface area contributed by atoms with E-state index in [0.29, 0.717) is 5.75 Å². The minimum atomic E-state index is -0.836.